The average Bonchev–Trinajstić information content (AvgIpc) is 3.09. The maximum absolute atomic E-state index is 5.56. The maximum Gasteiger partial charge on any atom is 0.151 e. The first-order valence-electron chi connectivity index (χ1n) is 7.95. The molecule has 0 aromatic carbocycles. The molecule has 0 unspecified atom stereocenters. The number of hydrogen-bond donors (Lipinski definition) is 0. The van der Waals surface area contributed by atoms with Gasteiger partial charge in [0.1, 0.15) is 5.69 Å². The standard InChI is InChI=1S/C16H25N5O/c1-5-13-10-19(3)6-7-21(13)11-14-8-16(18-22-14)15-9-17-20(4)12(15)2/h8-9,13H,5-7,10-11H2,1-4H3/t13-/m0/s1. The monoisotopic (exact) mass is 303 g/mol. The van der Waals surface area contributed by atoms with Crippen molar-refractivity contribution in [3.63, 3.8) is 0 Å². The summed E-state index contributed by atoms with van der Waals surface area (Å²) in [6.07, 6.45) is 3.01. The van der Waals surface area contributed by atoms with Crippen LogP contribution in [0.2, 0.25) is 0 Å². The molecule has 0 radical (unpaired) electrons. The van der Waals surface area contributed by atoms with Crippen molar-refractivity contribution >= 4 is 0 Å². The Morgan fingerprint density at radius 2 is 2.14 bits per heavy atom. The molecule has 22 heavy (non-hydrogen) atoms. The van der Waals surface area contributed by atoms with Crippen LogP contribution in [-0.4, -0.2) is 57.5 Å². The van der Waals surface area contributed by atoms with E-state index in [1.54, 1.807) is 0 Å². The molecular formula is C16H25N5O. The predicted molar refractivity (Wildman–Crippen MR) is 85.4 cm³/mol. The number of aryl methyl sites for hydroxylation is 1. The Kier molecular flexibility index (Phi) is 4.31. The molecule has 0 aliphatic carbocycles. The molecule has 2 aromatic rings. The summed E-state index contributed by atoms with van der Waals surface area (Å²) in [6, 6.07) is 2.64. The van der Waals surface area contributed by atoms with Crippen molar-refractivity contribution in [3.8, 4) is 11.3 Å². The Balaban J connectivity index is 1.73. The van der Waals surface area contributed by atoms with E-state index in [9.17, 15) is 0 Å². The molecular weight excluding hydrogens is 278 g/mol. The highest BCUT2D eigenvalue weighted by atomic mass is 16.5. The molecule has 1 aliphatic heterocycles. The zero-order valence-corrected chi connectivity index (χ0v) is 13.9. The van der Waals surface area contributed by atoms with Crippen LogP contribution in [0.25, 0.3) is 11.3 Å². The third kappa shape index (κ3) is 2.94. The van der Waals surface area contributed by atoms with Crippen LogP contribution >= 0.6 is 0 Å². The van der Waals surface area contributed by atoms with Crippen LogP contribution in [0.1, 0.15) is 24.8 Å². The minimum Gasteiger partial charge on any atom is -0.359 e. The summed E-state index contributed by atoms with van der Waals surface area (Å²) in [5, 5.41) is 8.50. The highest BCUT2D eigenvalue weighted by Gasteiger charge is 2.25. The van der Waals surface area contributed by atoms with Gasteiger partial charge in [0.05, 0.1) is 12.7 Å². The predicted octanol–water partition coefficient (Wildman–Crippen LogP) is 1.91. The van der Waals surface area contributed by atoms with E-state index in [1.807, 2.05) is 24.9 Å². The van der Waals surface area contributed by atoms with Crippen molar-refractivity contribution < 1.29 is 4.52 Å². The minimum atomic E-state index is 0.590. The van der Waals surface area contributed by atoms with Crippen LogP contribution in [0, 0.1) is 6.92 Å². The quantitative estimate of drug-likeness (QED) is 0.863. The molecule has 2 aromatic heterocycles. The van der Waals surface area contributed by atoms with Gasteiger partial charge >= 0.3 is 0 Å². The zero-order chi connectivity index (χ0) is 15.7. The summed E-state index contributed by atoms with van der Waals surface area (Å²) in [7, 11) is 4.13. The summed E-state index contributed by atoms with van der Waals surface area (Å²) < 4.78 is 7.42. The third-order valence-electron chi connectivity index (χ3n) is 4.71. The number of likely N-dealkylation sites (N-methyl/N-ethyl adjacent to an activating group) is 1. The first-order chi connectivity index (χ1) is 10.6. The summed E-state index contributed by atoms with van der Waals surface area (Å²) in [5.74, 6) is 0.932. The second-order valence-corrected chi connectivity index (χ2v) is 6.24. The molecule has 3 heterocycles. The smallest absolute Gasteiger partial charge is 0.151 e. The Morgan fingerprint density at radius 3 is 2.82 bits per heavy atom. The van der Waals surface area contributed by atoms with Crippen LogP contribution in [-0.2, 0) is 13.6 Å². The van der Waals surface area contributed by atoms with Crippen molar-refractivity contribution in [2.45, 2.75) is 32.9 Å². The molecule has 0 saturated carbocycles. The summed E-state index contributed by atoms with van der Waals surface area (Å²) in [5.41, 5.74) is 3.02. The lowest BCUT2D eigenvalue weighted by molar-refractivity contribution is 0.0734. The van der Waals surface area contributed by atoms with Crippen LogP contribution in [0.4, 0.5) is 0 Å². The normalized spacial score (nSPS) is 20.6. The van der Waals surface area contributed by atoms with E-state index in [4.69, 9.17) is 4.52 Å². The third-order valence-corrected chi connectivity index (χ3v) is 4.71. The molecule has 1 fully saturated rings. The molecule has 1 atom stereocenters. The van der Waals surface area contributed by atoms with E-state index in [0.717, 1.165) is 55.3 Å². The molecule has 1 saturated heterocycles. The Bertz CT molecular complexity index is 632. The van der Waals surface area contributed by atoms with Gasteiger partial charge in [0.25, 0.3) is 0 Å². The molecule has 6 nitrogen and oxygen atoms in total. The van der Waals surface area contributed by atoms with Gasteiger partial charge < -0.3 is 9.42 Å². The molecule has 6 heteroatoms. The molecule has 0 N–H and O–H groups in total. The lowest BCUT2D eigenvalue weighted by Crippen LogP contribution is -2.50. The van der Waals surface area contributed by atoms with Crippen LogP contribution < -0.4 is 0 Å². The molecule has 3 rings (SSSR count). The molecule has 0 spiro atoms. The first kappa shape index (κ1) is 15.2. The number of aromatic nitrogens is 3. The lowest BCUT2D eigenvalue weighted by Gasteiger charge is -2.39. The molecule has 0 bridgehead atoms. The lowest BCUT2D eigenvalue weighted by atomic mass is 10.1. The van der Waals surface area contributed by atoms with Gasteiger partial charge in [-0.3, -0.25) is 9.58 Å². The van der Waals surface area contributed by atoms with Crippen LogP contribution in [0.3, 0.4) is 0 Å². The van der Waals surface area contributed by atoms with Gasteiger partial charge in [-0.1, -0.05) is 12.1 Å². The average molecular weight is 303 g/mol. The zero-order valence-electron chi connectivity index (χ0n) is 13.9. The number of rotatable bonds is 4. The fourth-order valence-corrected chi connectivity index (χ4v) is 3.11. The van der Waals surface area contributed by atoms with Gasteiger partial charge in [0.15, 0.2) is 5.76 Å². The second-order valence-electron chi connectivity index (χ2n) is 6.24. The van der Waals surface area contributed by atoms with Crippen molar-refractivity contribution in [1.82, 2.24) is 24.7 Å². The van der Waals surface area contributed by atoms with E-state index in [-0.39, 0.29) is 0 Å². The number of hydrogen-bond acceptors (Lipinski definition) is 5. The molecule has 120 valence electrons. The Morgan fingerprint density at radius 1 is 1.32 bits per heavy atom. The number of nitrogens with zero attached hydrogens (tertiary/aromatic N) is 5. The van der Waals surface area contributed by atoms with Crippen molar-refractivity contribution in [2.24, 2.45) is 7.05 Å². The van der Waals surface area contributed by atoms with Crippen LogP contribution in [0.15, 0.2) is 16.8 Å². The highest BCUT2D eigenvalue weighted by Crippen LogP contribution is 2.24. The molecule has 1 aliphatic rings. The van der Waals surface area contributed by atoms with E-state index in [2.05, 4.69) is 40.1 Å². The van der Waals surface area contributed by atoms with Crippen LogP contribution in [0.5, 0.6) is 0 Å². The van der Waals surface area contributed by atoms with E-state index in [0.29, 0.717) is 6.04 Å². The van der Waals surface area contributed by atoms with Gasteiger partial charge in [0.2, 0.25) is 0 Å². The maximum atomic E-state index is 5.56. The van der Waals surface area contributed by atoms with Crippen molar-refractivity contribution in [3.05, 3.63) is 23.7 Å². The van der Waals surface area contributed by atoms with Gasteiger partial charge in [0, 0.05) is 50.0 Å². The SMILES string of the molecule is CC[C@H]1CN(C)CCN1Cc1cc(-c2cnn(C)c2C)no1. The topological polar surface area (TPSA) is 50.3 Å². The number of piperazine rings is 1. The summed E-state index contributed by atoms with van der Waals surface area (Å²) in [4.78, 5) is 4.90. The van der Waals surface area contributed by atoms with E-state index >= 15 is 0 Å². The van der Waals surface area contributed by atoms with E-state index < -0.39 is 0 Å². The van der Waals surface area contributed by atoms with Crippen molar-refractivity contribution in [1.29, 1.82) is 0 Å². The van der Waals surface area contributed by atoms with Gasteiger partial charge in [-0.05, 0) is 20.4 Å². The fraction of sp³-hybridized carbons (Fsp3) is 0.625. The largest absolute Gasteiger partial charge is 0.359 e. The van der Waals surface area contributed by atoms with Gasteiger partial charge in [-0.15, -0.1) is 0 Å². The van der Waals surface area contributed by atoms with Crippen molar-refractivity contribution in [2.75, 3.05) is 26.7 Å². The summed E-state index contributed by atoms with van der Waals surface area (Å²) in [6.45, 7) is 8.44. The van der Waals surface area contributed by atoms with Gasteiger partial charge in [-0.2, -0.15) is 5.10 Å². The summed E-state index contributed by atoms with van der Waals surface area (Å²) >= 11 is 0. The van der Waals surface area contributed by atoms with E-state index in [1.165, 1.54) is 0 Å². The first-order valence-corrected chi connectivity index (χ1v) is 7.95. The second kappa shape index (κ2) is 6.22. The van der Waals surface area contributed by atoms with Gasteiger partial charge in [-0.25, -0.2) is 0 Å². The minimum absolute atomic E-state index is 0.590. The fourth-order valence-electron chi connectivity index (χ4n) is 3.11. The highest BCUT2D eigenvalue weighted by molar-refractivity contribution is 5.60. The Hall–Kier alpha value is -1.66. The Labute approximate surface area is 131 Å². The molecule has 0 amide bonds.